The minimum Gasteiger partial charge on any atom is -0.506 e. The second-order valence-corrected chi connectivity index (χ2v) is 4.08. The van der Waals surface area contributed by atoms with Crippen molar-refractivity contribution in [3.8, 4) is 5.75 Å². The lowest BCUT2D eigenvalue weighted by atomic mass is 10.2. The highest BCUT2D eigenvalue weighted by molar-refractivity contribution is 5.81. The third kappa shape index (κ3) is 1.25. The highest BCUT2D eigenvalue weighted by atomic mass is 16.3. The third-order valence-electron chi connectivity index (χ3n) is 3.08. The van der Waals surface area contributed by atoms with Gasteiger partial charge in [-0.15, -0.1) is 0 Å². The molecular weight excluding hydrogens is 206 g/mol. The van der Waals surface area contributed by atoms with Gasteiger partial charge >= 0.3 is 5.69 Å². The third-order valence-corrected chi connectivity index (χ3v) is 3.08. The van der Waals surface area contributed by atoms with E-state index in [0.717, 1.165) is 24.9 Å². The molecule has 3 N–H and O–H groups in total. The van der Waals surface area contributed by atoms with E-state index in [1.54, 1.807) is 16.7 Å². The number of fused-ring (bicyclic) bond motifs is 1. The lowest BCUT2D eigenvalue weighted by molar-refractivity contribution is 0.469. The first-order valence-electron chi connectivity index (χ1n) is 5.43. The summed E-state index contributed by atoms with van der Waals surface area (Å²) in [6.07, 6.45) is 2.06. The number of H-pyrrole nitrogens is 1. The Kier molecular flexibility index (Phi) is 2.00. The number of hydrogen-bond donors (Lipinski definition) is 3. The second kappa shape index (κ2) is 3.38. The summed E-state index contributed by atoms with van der Waals surface area (Å²) < 4.78 is 1.68. The molecule has 2 aromatic rings. The Morgan fingerprint density at radius 3 is 3.06 bits per heavy atom. The number of hydrogen-bond acceptors (Lipinski definition) is 3. The van der Waals surface area contributed by atoms with E-state index in [-0.39, 0.29) is 17.6 Å². The van der Waals surface area contributed by atoms with Crippen LogP contribution in [0.2, 0.25) is 0 Å². The summed E-state index contributed by atoms with van der Waals surface area (Å²) >= 11 is 0. The van der Waals surface area contributed by atoms with E-state index in [2.05, 4.69) is 10.3 Å². The van der Waals surface area contributed by atoms with Crippen LogP contribution in [-0.2, 0) is 0 Å². The van der Waals surface area contributed by atoms with Crippen LogP contribution in [0.5, 0.6) is 5.75 Å². The van der Waals surface area contributed by atoms with Gasteiger partial charge in [-0.25, -0.2) is 4.79 Å². The van der Waals surface area contributed by atoms with Crippen LogP contribution in [0, 0.1) is 0 Å². The zero-order chi connectivity index (χ0) is 11.1. The second-order valence-electron chi connectivity index (χ2n) is 4.08. The van der Waals surface area contributed by atoms with Gasteiger partial charge in [0.1, 0.15) is 11.3 Å². The minimum atomic E-state index is -0.170. The van der Waals surface area contributed by atoms with E-state index in [9.17, 15) is 9.90 Å². The summed E-state index contributed by atoms with van der Waals surface area (Å²) in [5.74, 6) is 0.117. The SMILES string of the molecule is O=c1[nH]c2c(O)cccc2n1C1CCCN1. The normalized spacial score (nSPS) is 20.6. The van der Waals surface area contributed by atoms with Crippen molar-refractivity contribution in [3.63, 3.8) is 0 Å². The fourth-order valence-corrected chi connectivity index (χ4v) is 2.33. The molecule has 0 radical (unpaired) electrons. The van der Waals surface area contributed by atoms with Crippen molar-refractivity contribution < 1.29 is 5.11 Å². The number of phenols is 1. The molecule has 1 aromatic carbocycles. The highest BCUT2D eigenvalue weighted by Gasteiger charge is 2.20. The molecule has 2 heterocycles. The topological polar surface area (TPSA) is 70.0 Å². The molecule has 0 aliphatic carbocycles. The Balaban J connectivity index is 2.27. The lowest BCUT2D eigenvalue weighted by Crippen LogP contribution is -2.28. The number of rotatable bonds is 1. The van der Waals surface area contributed by atoms with Gasteiger partial charge in [0.25, 0.3) is 0 Å². The van der Waals surface area contributed by atoms with Crippen LogP contribution < -0.4 is 11.0 Å². The van der Waals surface area contributed by atoms with E-state index < -0.39 is 0 Å². The number of aromatic nitrogens is 2. The number of imidazole rings is 1. The van der Waals surface area contributed by atoms with Crippen molar-refractivity contribution in [2.24, 2.45) is 0 Å². The monoisotopic (exact) mass is 219 g/mol. The van der Waals surface area contributed by atoms with Crippen LogP contribution in [-0.4, -0.2) is 21.2 Å². The summed E-state index contributed by atoms with van der Waals surface area (Å²) in [4.78, 5) is 14.5. The first-order chi connectivity index (χ1) is 7.77. The summed E-state index contributed by atoms with van der Waals surface area (Å²) in [6.45, 7) is 0.933. The number of nitrogens with one attached hydrogen (secondary N) is 2. The molecule has 1 saturated heterocycles. The maximum absolute atomic E-state index is 11.8. The molecule has 0 amide bonds. The van der Waals surface area contributed by atoms with E-state index in [4.69, 9.17) is 0 Å². The number of nitrogens with zero attached hydrogens (tertiary/aromatic N) is 1. The van der Waals surface area contributed by atoms with Crippen LogP contribution in [0.4, 0.5) is 0 Å². The van der Waals surface area contributed by atoms with Crippen molar-refractivity contribution in [2.45, 2.75) is 19.0 Å². The summed E-state index contributed by atoms with van der Waals surface area (Å²) in [6, 6.07) is 5.16. The van der Waals surface area contributed by atoms with E-state index >= 15 is 0 Å². The van der Waals surface area contributed by atoms with Gasteiger partial charge in [-0.05, 0) is 31.5 Å². The van der Waals surface area contributed by atoms with Gasteiger partial charge in [0, 0.05) is 0 Å². The summed E-state index contributed by atoms with van der Waals surface area (Å²) in [5.41, 5.74) is 1.10. The summed E-state index contributed by atoms with van der Waals surface area (Å²) in [7, 11) is 0. The highest BCUT2D eigenvalue weighted by Crippen LogP contribution is 2.25. The molecule has 0 spiro atoms. The van der Waals surface area contributed by atoms with Gasteiger partial charge in [0.15, 0.2) is 0 Å². The van der Waals surface area contributed by atoms with Gasteiger partial charge in [0.2, 0.25) is 0 Å². The first kappa shape index (κ1) is 9.47. The quantitative estimate of drug-likeness (QED) is 0.668. The zero-order valence-electron chi connectivity index (χ0n) is 8.73. The minimum absolute atomic E-state index is 0.0445. The van der Waals surface area contributed by atoms with Crippen molar-refractivity contribution in [1.29, 1.82) is 0 Å². The number of aromatic hydroxyl groups is 1. The van der Waals surface area contributed by atoms with Gasteiger partial charge in [-0.3, -0.25) is 9.88 Å². The molecule has 1 aromatic heterocycles. The molecule has 1 aliphatic heterocycles. The van der Waals surface area contributed by atoms with Crippen molar-refractivity contribution in [3.05, 3.63) is 28.7 Å². The predicted molar refractivity (Wildman–Crippen MR) is 60.5 cm³/mol. The smallest absolute Gasteiger partial charge is 0.327 e. The Labute approximate surface area is 91.7 Å². The average molecular weight is 219 g/mol. The van der Waals surface area contributed by atoms with Crippen LogP contribution in [0.25, 0.3) is 11.0 Å². The average Bonchev–Trinajstić information content (AvgIpc) is 2.85. The van der Waals surface area contributed by atoms with Crippen molar-refractivity contribution in [1.82, 2.24) is 14.9 Å². The van der Waals surface area contributed by atoms with Crippen LogP contribution in [0.3, 0.4) is 0 Å². The fourth-order valence-electron chi connectivity index (χ4n) is 2.33. The van der Waals surface area contributed by atoms with E-state index in [1.807, 2.05) is 6.07 Å². The largest absolute Gasteiger partial charge is 0.506 e. The van der Waals surface area contributed by atoms with Crippen LogP contribution >= 0.6 is 0 Å². The van der Waals surface area contributed by atoms with E-state index in [0.29, 0.717) is 5.52 Å². The predicted octanol–water partition coefficient (Wildman–Crippen LogP) is 0.917. The lowest BCUT2D eigenvalue weighted by Gasteiger charge is -2.11. The van der Waals surface area contributed by atoms with Gasteiger partial charge in [-0.2, -0.15) is 0 Å². The number of para-hydroxylation sites is 1. The van der Waals surface area contributed by atoms with Crippen molar-refractivity contribution >= 4 is 11.0 Å². The first-order valence-corrected chi connectivity index (χ1v) is 5.43. The Morgan fingerprint density at radius 2 is 2.31 bits per heavy atom. The Bertz CT molecular complexity index is 578. The molecule has 1 aliphatic rings. The Morgan fingerprint density at radius 1 is 1.44 bits per heavy atom. The Hall–Kier alpha value is -1.75. The molecule has 5 heteroatoms. The molecule has 0 saturated carbocycles. The molecule has 16 heavy (non-hydrogen) atoms. The van der Waals surface area contributed by atoms with Gasteiger partial charge in [-0.1, -0.05) is 6.07 Å². The fraction of sp³-hybridized carbons (Fsp3) is 0.364. The molecule has 3 rings (SSSR count). The molecule has 0 bridgehead atoms. The van der Waals surface area contributed by atoms with Crippen LogP contribution in [0.15, 0.2) is 23.0 Å². The van der Waals surface area contributed by atoms with E-state index in [1.165, 1.54) is 0 Å². The molecule has 1 fully saturated rings. The molecule has 5 nitrogen and oxygen atoms in total. The molecular formula is C11H13N3O2. The number of benzene rings is 1. The molecule has 84 valence electrons. The van der Waals surface area contributed by atoms with Gasteiger partial charge in [0.05, 0.1) is 11.7 Å². The maximum atomic E-state index is 11.8. The maximum Gasteiger partial charge on any atom is 0.327 e. The zero-order valence-corrected chi connectivity index (χ0v) is 8.73. The number of aromatic amines is 1. The van der Waals surface area contributed by atoms with Crippen LogP contribution in [0.1, 0.15) is 19.0 Å². The standard InChI is InChI=1S/C11H13N3O2/c15-8-4-1-3-7-10(8)13-11(16)14(7)9-5-2-6-12-9/h1,3-4,9,12,15H,2,5-6H2,(H,13,16). The molecule has 1 unspecified atom stereocenters. The van der Waals surface area contributed by atoms with Crippen molar-refractivity contribution in [2.75, 3.05) is 6.54 Å². The van der Waals surface area contributed by atoms with Gasteiger partial charge < -0.3 is 10.1 Å². The summed E-state index contributed by atoms with van der Waals surface area (Å²) in [5, 5.41) is 12.9. The molecule has 1 atom stereocenters. The number of phenolic OH excluding ortho intramolecular Hbond substituents is 1.